The summed E-state index contributed by atoms with van der Waals surface area (Å²) in [5, 5.41) is 7.19. The van der Waals surface area contributed by atoms with Gasteiger partial charge in [0.2, 0.25) is 5.91 Å². The van der Waals surface area contributed by atoms with Gasteiger partial charge >= 0.3 is 0 Å². The average molecular weight is 328 g/mol. The molecule has 1 atom stereocenters. The molecule has 3 rings (SSSR count). The monoisotopic (exact) mass is 328 g/mol. The van der Waals surface area contributed by atoms with E-state index in [1.165, 1.54) is 0 Å². The Morgan fingerprint density at radius 1 is 1.29 bits per heavy atom. The largest absolute Gasteiger partial charge is 0.492 e. The summed E-state index contributed by atoms with van der Waals surface area (Å²) in [5.41, 5.74) is 0. The predicted molar refractivity (Wildman–Crippen MR) is 91.8 cm³/mol. The number of hydrogen-bond acceptors (Lipinski definition) is 4. The summed E-state index contributed by atoms with van der Waals surface area (Å²) in [6, 6.07) is 11.9. The summed E-state index contributed by atoms with van der Waals surface area (Å²) in [4.78, 5) is 14.4. The molecule has 24 heavy (non-hydrogen) atoms. The Morgan fingerprint density at radius 2 is 2.17 bits per heavy atom. The van der Waals surface area contributed by atoms with E-state index in [4.69, 9.17) is 4.74 Å². The molecule has 1 aromatic carbocycles. The van der Waals surface area contributed by atoms with Crippen LogP contribution >= 0.6 is 0 Å². The zero-order valence-electron chi connectivity index (χ0n) is 13.8. The van der Waals surface area contributed by atoms with Gasteiger partial charge in [-0.3, -0.25) is 14.4 Å². The maximum atomic E-state index is 12.1. The Labute approximate surface area is 142 Å². The second-order valence-corrected chi connectivity index (χ2v) is 6.01. The zero-order chi connectivity index (χ0) is 16.6. The van der Waals surface area contributed by atoms with E-state index in [1.54, 1.807) is 6.20 Å². The standard InChI is InChI=1S/C18H24N4O2/c23-18(19-10-13-24-17-7-2-1-3-8-17)15-21-11-4-6-16(21)14-22-12-5-9-20-22/h1-3,5,7-9,12,16H,4,6,10-11,13-15H2,(H,19,23)/t16-/m0/s1. The summed E-state index contributed by atoms with van der Waals surface area (Å²) >= 11 is 0. The molecule has 0 unspecified atom stereocenters. The van der Waals surface area contributed by atoms with Gasteiger partial charge < -0.3 is 10.1 Å². The van der Waals surface area contributed by atoms with Crippen molar-refractivity contribution in [1.29, 1.82) is 0 Å². The van der Waals surface area contributed by atoms with Crippen molar-refractivity contribution in [2.45, 2.75) is 25.4 Å². The van der Waals surface area contributed by atoms with E-state index in [0.29, 0.717) is 25.7 Å². The first-order valence-electron chi connectivity index (χ1n) is 8.47. The van der Waals surface area contributed by atoms with Crippen LogP contribution in [0.1, 0.15) is 12.8 Å². The van der Waals surface area contributed by atoms with E-state index < -0.39 is 0 Å². The molecular weight excluding hydrogens is 304 g/mol. The third-order valence-corrected chi connectivity index (χ3v) is 4.24. The van der Waals surface area contributed by atoms with Crippen LogP contribution in [0, 0.1) is 0 Å². The molecule has 0 spiro atoms. The highest BCUT2D eigenvalue weighted by Crippen LogP contribution is 2.18. The summed E-state index contributed by atoms with van der Waals surface area (Å²) in [7, 11) is 0. The third kappa shape index (κ3) is 4.83. The number of carbonyl (C=O) groups excluding carboxylic acids is 1. The van der Waals surface area contributed by atoms with Crippen molar-refractivity contribution < 1.29 is 9.53 Å². The maximum Gasteiger partial charge on any atom is 0.234 e. The fraction of sp³-hybridized carbons (Fsp3) is 0.444. The highest BCUT2D eigenvalue weighted by atomic mass is 16.5. The van der Waals surface area contributed by atoms with Crippen LogP contribution in [0.3, 0.4) is 0 Å². The molecule has 1 N–H and O–H groups in total. The fourth-order valence-electron chi connectivity index (χ4n) is 3.05. The van der Waals surface area contributed by atoms with Gasteiger partial charge in [-0.25, -0.2) is 0 Å². The van der Waals surface area contributed by atoms with Gasteiger partial charge in [0.25, 0.3) is 0 Å². The van der Waals surface area contributed by atoms with Crippen LogP contribution in [0.5, 0.6) is 5.75 Å². The number of nitrogens with zero attached hydrogens (tertiary/aromatic N) is 3. The Hall–Kier alpha value is -2.34. The zero-order valence-corrected chi connectivity index (χ0v) is 13.8. The first-order chi connectivity index (χ1) is 11.8. The molecule has 0 aliphatic carbocycles. The van der Waals surface area contributed by atoms with Crippen molar-refractivity contribution in [1.82, 2.24) is 20.0 Å². The van der Waals surface area contributed by atoms with Crippen LogP contribution in [0.2, 0.25) is 0 Å². The minimum Gasteiger partial charge on any atom is -0.492 e. The molecule has 128 valence electrons. The van der Waals surface area contributed by atoms with E-state index in [2.05, 4.69) is 15.3 Å². The molecule has 6 heteroatoms. The Bertz CT molecular complexity index is 615. The molecule has 0 radical (unpaired) electrons. The van der Waals surface area contributed by atoms with Crippen molar-refractivity contribution in [3.63, 3.8) is 0 Å². The second kappa shape index (κ2) is 8.49. The number of benzene rings is 1. The molecular formula is C18H24N4O2. The Morgan fingerprint density at radius 3 is 2.96 bits per heavy atom. The van der Waals surface area contributed by atoms with Crippen LogP contribution < -0.4 is 10.1 Å². The van der Waals surface area contributed by atoms with Crippen LogP contribution in [0.4, 0.5) is 0 Å². The topological polar surface area (TPSA) is 59.4 Å². The molecule has 1 amide bonds. The van der Waals surface area contributed by atoms with E-state index >= 15 is 0 Å². The number of nitrogens with one attached hydrogen (secondary N) is 1. The highest BCUT2D eigenvalue weighted by Gasteiger charge is 2.26. The molecule has 0 saturated carbocycles. The van der Waals surface area contributed by atoms with E-state index in [9.17, 15) is 4.79 Å². The van der Waals surface area contributed by atoms with Gasteiger partial charge in [0.1, 0.15) is 12.4 Å². The molecule has 6 nitrogen and oxygen atoms in total. The van der Waals surface area contributed by atoms with Crippen LogP contribution in [-0.2, 0) is 11.3 Å². The lowest BCUT2D eigenvalue weighted by Gasteiger charge is -2.23. The quantitative estimate of drug-likeness (QED) is 0.747. The molecule has 1 aliphatic rings. The Kier molecular flexibility index (Phi) is 5.85. The number of aromatic nitrogens is 2. The molecule has 1 saturated heterocycles. The minimum absolute atomic E-state index is 0.0547. The van der Waals surface area contributed by atoms with Crippen molar-refractivity contribution >= 4 is 5.91 Å². The summed E-state index contributed by atoms with van der Waals surface area (Å²) < 4.78 is 7.52. The van der Waals surface area contributed by atoms with Gasteiger partial charge in [0.05, 0.1) is 19.6 Å². The average Bonchev–Trinajstić information content (AvgIpc) is 3.26. The number of hydrogen-bond donors (Lipinski definition) is 1. The van der Waals surface area contributed by atoms with Crippen molar-refractivity contribution in [3.05, 3.63) is 48.8 Å². The molecule has 1 aliphatic heterocycles. The summed E-state index contributed by atoms with van der Waals surface area (Å²) in [5.74, 6) is 0.879. The normalized spacial score (nSPS) is 17.8. The lowest BCUT2D eigenvalue weighted by Crippen LogP contribution is -2.42. The van der Waals surface area contributed by atoms with Gasteiger partial charge in [-0.15, -0.1) is 0 Å². The van der Waals surface area contributed by atoms with Gasteiger partial charge in [-0.1, -0.05) is 18.2 Å². The van der Waals surface area contributed by atoms with Crippen LogP contribution in [0.15, 0.2) is 48.8 Å². The first kappa shape index (κ1) is 16.5. The molecule has 2 heterocycles. The van der Waals surface area contributed by atoms with E-state index in [-0.39, 0.29) is 5.91 Å². The van der Waals surface area contributed by atoms with Crippen molar-refractivity contribution in [2.75, 3.05) is 26.2 Å². The lowest BCUT2D eigenvalue weighted by molar-refractivity contribution is -0.122. The highest BCUT2D eigenvalue weighted by molar-refractivity contribution is 5.78. The van der Waals surface area contributed by atoms with Gasteiger partial charge in [0.15, 0.2) is 0 Å². The number of rotatable bonds is 8. The second-order valence-electron chi connectivity index (χ2n) is 6.01. The molecule has 1 fully saturated rings. The Balaban J connectivity index is 1.36. The van der Waals surface area contributed by atoms with Crippen LogP contribution in [0.25, 0.3) is 0 Å². The third-order valence-electron chi connectivity index (χ3n) is 4.24. The predicted octanol–water partition coefficient (Wildman–Crippen LogP) is 1.54. The number of amides is 1. The fourth-order valence-corrected chi connectivity index (χ4v) is 3.05. The smallest absolute Gasteiger partial charge is 0.234 e. The lowest BCUT2D eigenvalue weighted by atomic mass is 10.2. The van der Waals surface area contributed by atoms with Crippen molar-refractivity contribution in [3.8, 4) is 5.75 Å². The molecule has 1 aromatic heterocycles. The number of likely N-dealkylation sites (tertiary alicyclic amines) is 1. The van der Waals surface area contributed by atoms with Gasteiger partial charge in [-0.05, 0) is 37.6 Å². The number of carbonyl (C=O) groups is 1. The SMILES string of the molecule is O=C(CN1CCC[C@H]1Cn1cccn1)NCCOc1ccccc1. The van der Waals surface area contributed by atoms with E-state index in [1.807, 2.05) is 47.3 Å². The summed E-state index contributed by atoms with van der Waals surface area (Å²) in [6.07, 6.45) is 6.01. The maximum absolute atomic E-state index is 12.1. The van der Waals surface area contributed by atoms with Gasteiger partial charge in [-0.2, -0.15) is 5.10 Å². The minimum atomic E-state index is 0.0547. The van der Waals surface area contributed by atoms with E-state index in [0.717, 1.165) is 31.7 Å². The van der Waals surface area contributed by atoms with Gasteiger partial charge in [0, 0.05) is 18.4 Å². The van der Waals surface area contributed by atoms with Crippen molar-refractivity contribution in [2.24, 2.45) is 0 Å². The number of ether oxygens (including phenoxy) is 1. The summed E-state index contributed by atoms with van der Waals surface area (Å²) in [6.45, 7) is 3.26. The first-order valence-corrected chi connectivity index (χ1v) is 8.47. The van der Waals surface area contributed by atoms with Crippen LogP contribution in [-0.4, -0.2) is 52.9 Å². The molecule has 2 aromatic rings. The molecule has 0 bridgehead atoms. The number of para-hydroxylation sites is 1.